The van der Waals surface area contributed by atoms with Gasteiger partial charge in [-0.2, -0.15) is 0 Å². The minimum atomic E-state index is -0.870. The van der Waals surface area contributed by atoms with Crippen molar-refractivity contribution in [1.82, 2.24) is 0 Å². The molecule has 2 rings (SSSR count). The number of hydrogen-bond donors (Lipinski definition) is 2. The van der Waals surface area contributed by atoms with Gasteiger partial charge in [-0.05, 0) is 41.9 Å². The number of aliphatic carboxylic acids is 1. The van der Waals surface area contributed by atoms with Crippen molar-refractivity contribution >= 4 is 17.6 Å². The molecule has 4 heteroatoms. The Morgan fingerprint density at radius 3 is 2.18 bits per heavy atom. The van der Waals surface area contributed by atoms with E-state index < -0.39 is 17.8 Å². The highest BCUT2D eigenvalue weighted by atomic mass is 16.4. The van der Waals surface area contributed by atoms with Crippen molar-refractivity contribution in [1.29, 1.82) is 0 Å². The Morgan fingerprint density at radius 2 is 1.73 bits per heavy atom. The van der Waals surface area contributed by atoms with E-state index in [1.165, 1.54) is 5.56 Å². The molecule has 0 heterocycles. The summed E-state index contributed by atoms with van der Waals surface area (Å²) in [6.07, 6.45) is 1.25. The summed E-state index contributed by atoms with van der Waals surface area (Å²) >= 11 is 0. The van der Waals surface area contributed by atoms with Crippen LogP contribution in [0.5, 0.6) is 0 Å². The lowest BCUT2D eigenvalue weighted by atomic mass is 9.73. The zero-order valence-corrected chi connectivity index (χ0v) is 13.7. The van der Waals surface area contributed by atoms with Crippen LogP contribution in [0, 0.1) is 11.8 Å². The number of nitrogens with one attached hydrogen (secondary N) is 1. The summed E-state index contributed by atoms with van der Waals surface area (Å²) in [5, 5.41) is 12.0. The Bertz CT molecular complexity index is 578. The molecule has 0 saturated heterocycles. The van der Waals surface area contributed by atoms with Crippen LogP contribution in [0.3, 0.4) is 0 Å². The van der Waals surface area contributed by atoms with Crippen molar-refractivity contribution in [2.45, 2.75) is 52.4 Å². The molecule has 2 unspecified atom stereocenters. The molecule has 1 aromatic carbocycles. The number of hydrogen-bond acceptors (Lipinski definition) is 2. The first-order chi connectivity index (χ1) is 10.3. The zero-order valence-electron chi connectivity index (χ0n) is 13.7. The number of anilines is 1. The largest absolute Gasteiger partial charge is 0.481 e. The fourth-order valence-corrected chi connectivity index (χ4v) is 2.87. The minimum Gasteiger partial charge on any atom is -0.481 e. The third-order valence-electron chi connectivity index (χ3n) is 4.55. The average molecular weight is 303 g/mol. The highest BCUT2D eigenvalue weighted by Crippen LogP contribution is 2.36. The molecule has 4 nitrogen and oxygen atoms in total. The molecule has 1 aliphatic rings. The summed E-state index contributed by atoms with van der Waals surface area (Å²) in [4.78, 5) is 23.4. The molecule has 2 atom stereocenters. The number of carbonyl (C=O) groups is 2. The van der Waals surface area contributed by atoms with Gasteiger partial charge in [0.15, 0.2) is 0 Å². The molecule has 22 heavy (non-hydrogen) atoms. The van der Waals surface area contributed by atoms with E-state index in [2.05, 4.69) is 39.1 Å². The molecule has 0 aliphatic heterocycles. The normalized spacial score (nSPS) is 20.8. The number of amides is 1. The maximum absolute atomic E-state index is 12.3. The number of benzene rings is 1. The molecular formula is C18H25NO3. The molecule has 1 aliphatic carbocycles. The smallest absolute Gasteiger partial charge is 0.307 e. The number of rotatable bonds is 5. The molecule has 1 fully saturated rings. The Balaban J connectivity index is 2.18. The third-order valence-corrected chi connectivity index (χ3v) is 4.55. The first kappa shape index (κ1) is 16.5. The lowest BCUT2D eigenvalue weighted by Gasteiger charge is -2.32. The second kappa shape index (κ2) is 6.51. The Morgan fingerprint density at radius 1 is 1.09 bits per heavy atom. The van der Waals surface area contributed by atoms with Gasteiger partial charge in [-0.1, -0.05) is 39.8 Å². The molecule has 0 aromatic heterocycles. The average Bonchev–Trinajstić information content (AvgIpc) is 2.36. The summed E-state index contributed by atoms with van der Waals surface area (Å²) in [6.45, 7) is 8.48. The van der Waals surface area contributed by atoms with E-state index in [0.29, 0.717) is 24.7 Å². The lowest BCUT2D eigenvalue weighted by Crippen LogP contribution is -2.41. The van der Waals surface area contributed by atoms with Crippen LogP contribution in [0.4, 0.5) is 5.69 Å². The highest BCUT2D eigenvalue weighted by Gasteiger charge is 2.41. The van der Waals surface area contributed by atoms with Crippen molar-refractivity contribution < 1.29 is 14.7 Å². The maximum atomic E-state index is 12.3. The van der Waals surface area contributed by atoms with Gasteiger partial charge in [0.05, 0.1) is 11.8 Å². The first-order valence-electron chi connectivity index (χ1n) is 7.98. The standard InChI is InChI=1S/C18H25NO3/c1-10(2)12-5-8-16(15(9-12)11(3)4)19-17(20)13-6-7-14(13)18(21)22/h5,8-11,13-14H,6-7H2,1-4H3,(H,19,20)(H,21,22). The van der Waals surface area contributed by atoms with Crippen LogP contribution in [0.2, 0.25) is 0 Å². The van der Waals surface area contributed by atoms with E-state index in [9.17, 15) is 9.59 Å². The second-order valence-electron chi connectivity index (χ2n) is 6.77. The van der Waals surface area contributed by atoms with Crippen molar-refractivity contribution in [3.05, 3.63) is 29.3 Å². The molecule has 1 aromatic rings. The summed E-state index contributed by atoms with van der Waals surface area (Å²) in [6, 6.07) is 6.11. The van der Waals surface area contributed by atoms with Crippen LogP contribution in [0.25, 0.3) is 0 Å². The van der Waals surface area contributed by atoms with Gasteiger partial charge in [0.2, 0.25) is 5.91 Å². The molecular weight excluding hydrogens is 278 g/mol. The number of carboxylic acid groups (broad SMARTS) is 1. The topological polar surface area (TPSA) is 66.4 Å². The quantitative estimate of drug-likeness (QED) is 0.864. The van der Waals surface area contributed by atoms with Crippen LogP contribution >= 0.6 is 0 Å². The number of carboxylic acids is 1. The summed E-state index contributed by atoms with van der Waals surface area (Å²) < 4.78 is 0. The number of carbonyl (C=O) groups excluding carboxylic acids is 1. The predicted octanol–water partition coefficient (Wildman–Crippen LogP) is 3.98. The monoisotopic (exact) mass is 303 g/mol. The molecule has 120 valence electrons. The SMILES string of the molecule is CC(C)c1ccc(NC(=O)C2CCC2C(=O)O)c(C(C)C)c1. The fraction of sp³-hybridized carbons (Fsp3) is 0.556. The van der Waals surface area contributed by atoms with Crippen molar-refractivity contribution in [2.24, 2.45) is 11.8 Å². The molecule has 0 bridgehead atoms. The Labute approximate surface area is 131 Å². The van der Waals surface area contributed by atoms with Crippen molar-refractivity contribution in [3.63, 3.8) is 0 Å². The van der Waals surface area contributed by atoms with Crippen LogP contribution in [0.15, 0.2) is 18.2 Å². The van der Waals surface area contributed by atoms with Gasteiger partial charge >= 0.3 is 5.97 Å². The van der Waals surface area contributed by atoms with Gasteiger partial charge in [0.25, 0.3) is 0 Å². The van der Waals surface area contributed by atoms with E-state index in [1.807, 2.05) is 12.1 Å². The lowest BCUT2D eigenvalue weighted by molar-refractivity contribution is -0.151. The summed E-state index contributed by atoms with van der Waals surface area (Å²) in [7, 11) is 0. The zero-order chi connectivity index (χ0) is 16.4. The predicted molar refractivity (Wildman–Crippen MR) is 87.1 cm³/mol. The summed E-state index contributed by atoms with van der Waals surface area (Å²) in [5.74, 6) is -1.24. The van der Waals surface area contributed by atoms with E-state index in [1.54, 1.807) is 0 Å². The van der Waals surface area contributed by atoms with Gasteiger partial charge in [-0.25, -0.2) is 0 Å². The fourth-order valence-electron chi connectivity index (χ4n) is 2.87. The van der Waals surface area contributed by atoms with E-state index >= 15 is 0 Å². The van der Waals surface area contributed by atoms with Gasteiger partial charge in [-0.15, -0.1) is 0 Å². The highest BCUT2D eigenvalue weighted by molar-refractivity contribution is 5.96. The molecule has 0 spiro atoms. The second-order valence-corrected chi connectivity index (χ2v) is 6.77. The van der Waals surface area contributed by atoms with Gasteiger partial charge in [0, 0.05) is 5.69 Å². The van der Waals surface area contributed by atoms with Crippen LogP contribution in [0.1, 0.15) is 63.5 Å². The summed E-state index contributed by atoms with van der Waals surface area (Å²) in [5.41, 5.74) is 3.15. The molecule has 0 radical (unpaired) electrons. The van der Waals surface area contributed by atoms with E-state index in [0.717, 1.165) is 11.3 Å². The van der Waals surface area contributed by atoms with Gasteiger partial charge in [0.1, 0.15) is 0 Å². The first-order valence-corrected chi connectivity index (χ1v) is 7.98. The Hall–Kier alpha value is -1.84. The van der Waals surface area contributed by atoms with E-state index in [-0.39, 0.29) is 5.91 Å². The molecule has 1 amide bonds. The van der Waals surface area contributed by atoms with E-state index in [4.69, 9.17) is 5.11 Å². The minimum absolute atomic E-state index is 0.169. The van der Waals surface area contributed by atoms with Gasteiger partial charge < -0.3 is 10.4 Å². The third kappa shape index (κ3) is 3.32. The van der Waals surface area contributed by atoms with Crippen molar-refractivity contribution in [2.75, 3.05) is 5.32 Å². The van der Waals surface area contributed by atoms with Gasteiger partial charge in [-0.3, -0.25) is 9.59 Å². The molecule has 1 saturated carbocycles. The van der Waals surface area contributed by atoms with Crippen LogP contribution in [-0.4, -0.2) is 17.0 Å². The Kier molecular flexibility index (Phi) is 4.89. The van der Waals surface area contributed by atoms with Crippen LogP contribution in [-0.2, 0) is 9.59 Å². The maximum Gasteiger partial charge on any atom is 0.307 e. The molecule has 2 N–H and O–H groups in total. The van der Waals surface area contributed by atoms with Crippen molar-refractivity contribution in [3.8, 4) is 0 Å². The van der Waals surface area contributed by atoms with Crippen LogP contribution < -0.4 is 5.32 Å².